The minimum Gasteiger partial charge on any atom is -0.457 e. The van der Waals surface area contributed by atoms with E-state index in [0.717, 1.165) is 21.8 Å². The van der Waals surface area contributed by atoms with E-state index < -0.39 is 22.7 Å². The van der Waals surface area contributed by atoms with Crippen LogP contribution >= 0.6 is 22.6 Å². The largest absolute Gasteiger partial charge is 0.457 e. The number of nitro benzene ring substituents is 1. The molecule has 0 spiro atoms. The number of non-ortho nitro benzene ring substituents is 1. The van der Waals surface area contributed by atoms with Crippen LogP contribution in [0.2, 0.25) is 0 Å². The fourth-order valence-corrected chi connectivity index (χ4v) is 4.06. The minimum absolute atomic E-state index is 0.0132. The highest BCUT2D eigenvalue weighted by atomic mass is 127. The Hall–Kier alpha value is -4.53. The lowest BCUT2D eigenvalue weighted by molar-refractivity contribution is -0.384. The molecule has 1 N–H and O–H groups in total. The molecule has 0 atom stereocenters. The van der Waals surface area contributed by atoms with Gasteiger partial charge in [-0.25, -0.2) is 9.50 Å². The standard InChI is InChI=1S/C26H15F3IN5O4/c27-26(28,29)23-13-21(15-4-2-1-3-5-15)32-24-14-22(33-34(23)24)25(36)31-17-10-18(35(37)38)12-20(11-17)39-19-8-6-16(30)7-9-19/h1-14H,(H,31,36). The third-order valence-corrected chi connectivity index (χ3v) is 6.15. The number of carbonyl (C=O) groups excluding carboxylic acids is 1. The molecular formula is C26H15F3IN5O4. The number of nitrogens with one attached hydrogen (secondary N) is 1. The maximum absolute atomic E-state index is 13.9. The molecule has 0 aliphatic heterocycles. The van der Waals surface area contributed by atoms with Crippen LogP contribution in [0, 0.1) is 13.7 Å². The van der Waals surface area contributed by atoms with Gasteiger partial charge in [0.15, 0.2) is 17.0 Å². The van der Waals surface area contributed by atoms with Gasteiger partial charge in [0, 0.05) is 27.3 Å². The smallest absolute Gasteiger partial charge is 0.433 e. The van der Waals surface area contributed by atoms with Gasteiger partial charge in [-0.05, 0) is 52.9 Å². The molecule has 2 aromatic heterocycles. The zero-order valence-electron chi connectivity index (χ0n) is 19.5. The Morgan fingerprint density at radius 3 is 2.36 bits per heavy atom. The van der Waals surface area contributed by atoms with Gasteiger partial charge in [0.1, 0.15) is 11.5 Å². The average Bonchev–Trinajstić information content (AvgIpc) is 3.34. The van der Waals surface area contributed by atoms with Gasteiger partial charge in [0.05, 0.1) is 22.4 Å². The van der Waals surface area contributed by atoms with Crippen molar-refractivity contribution in [1.29, 1.82) is 0 Å². The van der Waals surface area contributed by atoms with Gasteiger partial charge in [-0.3, -0.25) is 14.9 Å². The van der Waals surface area contributed by atoms with E-state index in [1.54, 1.807) is 54.6 Å². The number of aromatic nitrogens is 3. The van der Waals surface area contributed by atoms with Gasteiger partial charge in [-0.1, -0.05) is 30.3 Å². The molecule has 5 aromatic rings. The molecule has 0 unspecified atom stereocenters. The van der Waals surface area contributed by atoms with E-state index >= 15 is 0 Å². The summed E-state index contributed by atoms with van der Waals surface area (Å²) in [6, 6.07) is 20.8. The van der Waals surface area contributed by atoms with Crippen molar-refractivity contribution in [2.24, 2.45) is 0 Å². The number of benzene rings is 3. The van der Waals surface area contributed by atoms with Gasteiger partial charge in [-0.15, -0.1) is 0 Å². The monoisotopic (exact) mass is 645 g/mol. The number of halogens is 4. The Morgan fingerprint density at radius 2 is 1.69 bits per heavy atom. The van der Waals surface area contributed by atoms with Crippen molar-refractivity contribution in [3.8, 4) is 22.8 Å². The molecule has 1 amide bonds. The fourth-order valence-electron chi connectivity index (χ4n) is 3.70. The van der Waals surface area contributed by atoms with Crippen LogP contribution < -0.4 is 10.1 Å². The molecule has 0 radical (unpaired) electrons. The quantitative estimate of drug-likeness (QED) is 0.121. The number of fused-ring (bicyclic) bond motifs is 1. The first kappa shape index (κ1) is 26.1. The summed E-state index contributed by atoms with van der Waals surface area (Å²) in [5, 5.41) is 17.7. The number of rotatable bonds is 6. The van der Waals surface area contributed by atoms with Crippen LogP contribution in [-0.4, -0.2) is 25.4 Å². The molecule has 196 valence electrons. The molecule has 2 heterocycles. The predicted molar refractivity (Wildman–Crippen MR) is 144 cm³/mol. The molecular weight excluding hydrogens is 630 g/mol. The highest BCUT2D eigenvalue weighted by Crippen LogP contribution is 2.33. The van der Waals surface area contributed by atoms with Gasteiger partial charge in [0.2, 0.25) is 0 Å². The zero-order chi connectivity index (χ0) is 27.7. The molecule has 0 aliphatic rings. The molecule has 0 saturated carbocycles. The maximum atomic E-state index is 13.9. The summed E-state index contributed by atoms with van der Waals surface area (Å²) < 4.78 is 48.8. The Labute approximate surface area is 231 Å². The molecule has 9 nitrogen and oxygen atoms in total. The van der Waals surface area contributed by atoms with E-state index in [1.165, 1.54) is 12.1 Å². The predicted octanol–water partition coefficient (Wildman–Crippen LogP) is 6.97. The Kier molecular flexibility index (Phi) is 6.91. The van der Waals surface area contributed by atoms with Crippen molar-refractivity contribution in [2.75, 3.05) is 5.32 Å². The van der Waals surface area contributed by atoms with Crippen molar-refractivity contribution in [2.45, 2.75) is 6.18 Å². The fraction of sp³-hybridized carbons (Fsp3) is 0.0385. The third-order valence-electron chi connectivity index (χ3n) is 5.43. The number of ether oxygens (including phenoxy) is 1. The van der Waals surface area contributed by atoms with Crippen molar-refractivity contribution in [3.63, 3.8) is 0 Å². The van der Waals surface area contributed by atoms with Crippen LogP contribution in [0.15, 0.2) is 84.9 Å². The molecule has 0 saturated heterocycles. The number of alkyl halides is 3. The van der Waals surface area contributed by atoms with Crippen LogP contribution in [0.3, 0.4) is 0 Å². The number of nitrogens with zero attached hydrogens (tertiary/aromatic N) is 4. The number of hydrogen-bond donors (Lipinski definition) is 1. The van der Waals surface area contributed by atoms with Crippen molar-refractivity contribution in [1.82, 2.24) is 14.6 Å². The minimum atomic E-state index is -4.79. The van der Waals surface area contributed by atoms with Gasteiger partial charge in [-0.2, -0.15) is 18.3 Å². The van der Waals surface area contributed by atoms with Crippen molar-refractivity contribution in [3.05, 3.63) is 110 Å². The summed E-state index contributed by atoms with van der Waals surface area (Å²) in [7, 11) is 0. The number of anilines is 1. The first-order chi connectivity index (χ1) is 18.6. The average molecular weight is 645 g/mol. The van der Waals surface area contributed by atoms with Crippen LogP contribution in [0.25, 0.3) is 16.9 Å². The number of carbonyl (C=O) groups is 1. The van der Waals surface area contributed by atoms with Gasteiger partial charge >= 0.3 is 6.18 Å². The topological polar surface area (TPSA) is 112 Å². The van der Waals surface area contributed by atoms with Crippen LogP contribution in [0.4, 0.5) is 24.5 Å². The van der Waals surface area contributed by atoms with Crippen molar-refractivity contribution >= 4 is 45.5 Å². The third kappa shape index (κ3) is 5.82. The van der Waals surface area contributed by atoms with Gasteiger partial charge < -0.3 is 10.1 Å². The van der Waals surface area contributed by atoms with Gasteiger partial charge in [0.25, 0.3) is 11.6 Å². The normalized spacial score (nSPS) is 11.4. The molecule has 0 fully saturated rings. The number of amides is 1. The van der Waals surface area contributed by atoms with Crippen LogP contribution in [0.5, 0.6) is 11.5 Å². The Morgan fingerprint density at radius 1 is 0.974 bits per heavy atom. The van der Waals surface area contributed by atoms with E-state index in [4.69, 9.17) is 4.74 Å². The second-order valence-electron chi connectivity index (χ2n) is 8.17. The van der Waals surface area contributed by atoms with Crippen LogP contribution in [0.1, 0.15) is 16.2 Å². The Balaban J connectivity index is 1.49. The Bertz CT molecular complexity index is 1710. The molecule has 3 aromatic carbocycles. The lowest BCUT2D eigenvalue weighted by Crippen LogP contribution is -2.16. The second kappa shape index (κ2) is 10.3. The molecule has 0 bridgehead atoms. The summed E-state index contributed by atoms with van der Waals surface area (Å²) in [5.41, 5.74) is -1.56. The van der Waals surface area contributed by atoms with E-state index in [0.29, 0.717) is 15.8 Å². The highest BCUT2D eigenvalue weighted by molar-refractivity contribution is 14.1. The zero-order valence-corrected chi connectivity index (χ0v) is 21.7. The maximum Gasteiger partial charge on any atom is 0.433 e. The van der Waals surface area contributed by atoms with Crippen molar-refractivity contribution < 1.29 is 27.6 Å². The lowest BCUT2D eigenvalue weighted by atomic mass is 10.1. The second-order valence-corrected chi connectivity index (χ2v) is 9.42. The van der Waals surface area contributed by atoms with E-state index in [9.17, 15) is 28.1 Å². The highest BCUT2D eigenvalue weighted by Gasteiger charge is 2.35. The summed E-state index contributed by atoms with van der Waals surface area (Å²) in [4.78, 5) is 28.0. The molecule has 0 aliphatic carbocycles. The first-order valence-corrected chi connectivity index (χ1v) is 12.2. The number of nitro groups is 1. The summed E-state index contributed by atoms with van der Waals surface area (Å²) in [6.07, 6.45) is -4.79. The number of hydrogen-bond acceptors (Lipinski definition) is 6. The van der Waals surface area contributed by atoms with E-state index in [2.05, 4.69) is 38.0 Å². The summed E-state index contributed by atoms with van der Waals surface area (Å²) in [6.45, 7) is 0. The molecule has 13 heteroatoms. The summed E-state index contributed by atoms with van der Waals surface area (Å²) >= 11 is 2.11. The van der Waals surface area contributed by atoms with Crippen LogP contribution in [-0.2, 0) is 6.18 Å². The SMILES string of the molecule is O=C(Nc1cc(Oc2ccc(I)cc2)cc([N+](=O)[O-])c1)c1cc2nc(-c3ccccc3)cc(C(F)(F)F)n2n1. The summed E-state index contributed by atoms with van der Waals surface area (Å²) in [5.74, 6) is -0.409. The molecule has 39 heavy (non-hydrogen) atoms. The van der Waals surface area contributed by atoms with E-state index in [-0.39, 0.29) is 34.2 Å². The first-order valence-electron chi connectivity index (χ1n) is 11.1. The van der Waals surface area contributed by atoms with E-state index in [1.807, 2.05) is 0 Å². The molecule has 5 rings (SSSR count). The lowest BCUT2D eigenvalue weighted by Gasteiger charge is -2.11.